The van der Waals surface area contributed by atoms with Gasteiger partial charge in [0.25, 0.3) is 0 Å². The second-order valence-corrected chi connectivity index (χ2v) is 1.34. The van der Waals surface area contributed by atoms with Crippen LogP contribution in [0.5, 0.6) is 0 Å². The van der Waals surface area contributed by atoms with Gasteiger partial charge in [0.1, 0.15) is 0 Å². The van der Waals surface area contributed by atoms with E-state index in [0.717, 1.165) is 0 Å². The number of rotatable bonds is 0. The van der Waals surface area contributed by atoms with Gasteiger partial charge in [0, 0.05) is 0 Å². The van der Waals surface area contributed by atoms with Crippen LogP contribution in [0.3, 0.4) is 0 Å². The first-order valence-corrected chi connectivity index (χ1v) is 3.29. The van der Waals surface area contributed by atoms with Crippen LogP contribution < -0.4 is 9.79 Å². The van der Waals surface area contributed by atoms with Gasteiger partial charge in [-0.1, -0.05) is 0 Å². The Morgan fingerprint density at radius 2 is 0.778 bits per heavy atom. The summed E-state index contributed by atoms with van der Waals surface area (Å²) in [5.41, 5.74) is 0. The third-order valence-electron chi connectivity index (χ3n) is 0. The molecule has 0 amide bonds. The molecule has 0 spiro atoms. The standard InChI is InChI=1S/2HO3P.Sr/c2*1-4(2)3;/h2*(H,1,2,3);/q;;+2/p-2. The maximum absolute atomic E-state index is 8.48. The van der Waals surface area contributed by atoms with Crippen molar-refractivity contribution in [3.05, 3.63) is 0 Å². The fourth-order valence-electron chi connectivity index (χ4n) is 0. The Bertz CT molecular complexity index is 128. The van der Waals surface area contributed by atoms with Crippen molar-refractivity contribution in [1.82, 2.24) is 0 Å². The van der Waals surface area contributed by atoms with Crippen LogP contribution in [0, 0.1) is 0 Å². The second kappa shape index (κ2) is 11.9. The molecule has 0 aliphatic carbocycles. The van der Waals surface area contributed by atoms with Crippen molar-refractivity contribution in [2.24, 2.45) is 0 Å². The van der Waals surface area contributed by atoms with Crippen molar-refractivity contribution in [1.29, 1.82) is 0 Å². The molecule has 48 valence electrons. The summed E-state index contributed by atoms with van der Waals surface area (Å²) in [5.74, 6) is 0. The molecule has 0 heterocycles. The Morgan fingerprint density at radius 3 is 0.778 bits per heavy atom. The number of hydrogen-bond acceptors (Lipinski definition) is 6. The second-order valence-electron chi connectivity index (χ2n) is 0.447. The van der Waals surface area contributed by atoms with Gasteiger partial charge in [-0.25, -0.2) is 0 Å². The molecule has 0 aromatic heterocycles. The maximum Gasteiger partial charge on any atom is 2.00 e. The summed E-state index contributed by atoms with van der Waals surface area (Å²) in [7, 11) is -6.74. The van der Waals surface area contributed by atoms with Crippen molar-refractivity contribution in [2.45, 2.75) is 0 Å². The van der Waals surface area contributed by atoms with Crippen molar-refractivity contribution < 1.29 is 28.0 Å². The van der Waals surface area contributed by atoms with E-state index in [4.69, 9.17) is 28.0 Å². The van der Waals surface area contributed by atoms with Crippen LogP contribution in [0.15, 0.2) is 0 Å². The van der Waals surface area contributed by atoms with E-state index in [2.05, 4.69) is 0 Å². The molecule has 0 radical (unpaired) electrons. The molecule has 0 aliphatic heterocycles. The molecule has 0 aromatic rings. The fraction of sp³-hybridized carbons (Fsp3) is 0. The summed E-state index contributed by atoms with van der Waals surface area (Å²) in [4.78, 5) is 17.0. The van der Waals surface area contributed by atoms with E-state index < -0.39 is 15.8 Å². The molecule has 0 unspecified atom stereocenters. The topological polar surface area (TPSA) is 114 Å². The van der Waals surface area contributed by atoms with Crippen molar-refractivity contribution >= 4 is 61.3 Å². The summed E-state index contributed by atoms with van der Waals surface area (Å²) in [6, 6.07) is 0. The first-order chi connectivity index (χ1) is 3.46. The van der Waals surface area contributed by atoms with Gasteiger partial charge in [-0.2, -0.15) is 0 Å². The molecule has 6 nitrogen and oxygen atoms in total. The minimum atomic E-state index is -3.37. The van der Waals surface area contributed by atoms with Crippen LogP contribution >= 0.6 is 15.8 Å². The van der Waals surface area contributed by atoms with E-state index in [-0.39, 0.29) is 45.5 Å². The van der Waals surface area contributed by atoms with Gasteiger partial charge in [-0.05, 0) is 0 Å². The zero-order valence-electron chi connectivity index (χ0n) is 4.05. The molecule has 9 heteroatoms. The molecule has 0 saturated heterocycles. The van der Waals surface area contributed by atoms with Gasteiger partial charge in [-0.15, -0.1) is 0 Å². The Morgan fingerprint density at radius 1 is 0.778 bits per heavy atom. The molecule has 0 aliphatic rings. The van der Waals surface area contributed by atoms with Gasteiger partial charge in [0.2, 0.25) is 15.8 Å². The molecule has 0 bridgehead atoms. The van der Waals surface area contributed by atoms with Crippen LogP contribution in [-0.2, 0) is 18.3 Å². The van der Waals surface area contributed by atoms with Crippen LogP contribution in [0.1, 0.15) is 0 Å². The Balaban J connectivity index is -0.0000000720. The summed E-state index contributed by atoms with van der Waals surface area (Å²) >= 11 is 0. The van der Waals surface area contributed by atoms with Gasteiger partial charge < -0.3 is 9.79 Å². The first-order valence-electron chi connectivity index (χ1n) is 1.10. The minimum absolute atomic E-state index is 0. The SMILES string of the molecule is O=P(=O)[O-].O=P(=O)[O-].[Sr+2]. The van der Waals surface area contributed by atoms with Gasteiger partial charge in [0.15, 0.2) is 0 Å². The molecule has 9 heavy (non-hydrogen) atoms. The minimum Gasteiger partial charge on any atom is -0.744 e. The Labute approximate surface area is 88.3 Å². The monoisotopic (exact) mass is 246 g/mol. The van der Waals surface area contributed by atoms with Crippen LogP contribution in [0.4, 0.5) is 0 Å². The number of hydrogen-bond donors (Lipinski definition) is 0. The molecule has 0 aromatic carbocycles. The molecule has 0 fully saturated rings. The Hall–Kier alpha value is 1.20. The Kier molecular flexibility index (Phi) is 22.1. The van der Waals surface area contributed by atoms with Crippen LogP contribution in [0.2, 0.25) is 0 Å². The third-order valence-corrected chi connectivity index (χ3v) is 0. The van der Waals surface area contributed by atoms with E-state index in [9.17, 15) is 0 Å². The predicted molar refractivity (Wildman–Crippen MR) is 22.3 cm³/mol. The smallest absolute Gasteiger partial charge is 0.744 e. The first kappa shape index (κ1) is 16.7. The summed E-state index contributed by atoms with van der Waals surface area (Å²) in [5, 5.41) is 0. The quantitative estimate of drug-likeness (QED) is 0.378. The van der Waals surface area contributed by atoms with Crippen molar-refractivity contribution in [3.63, 3.8) is 0 Å². The zero-order valence-corrected chi connectivity index (χ0v) is 9.32. The predicted octanol–water partition coefficient (Wildman–Crippen LogP) is -1.51. The maximum atomic E-state index is 8.48. The van der Waals surface area contributed by atoms with Gasteiger partial charge in [0.05, 0.1) is 0 Å². The summed E-state index contributed by atoms with van der Waals surface area (Å²) in [6.07, 6.45) is 0. The molecule has 0 rings (SSSR count). The average Bonchev–Trinajstić information content (AvgIpc) is 1.25. The fourth-order valence-corrected chi connectivity index (χ4v) is 0. The van der Waals surface area contributed by atoms with E-state index in [1.807, 2.05) is 0 Å². The van der Waals surface area contributed by atoms with E-state index in [1.54, 1.807) is 0 Å². The largest absolute Gasteiger partial charge is 2.00 e. The molecule has 0 saturated carbocycles. The molecular weight excluding hydrogens is 246 g/mol. The van der Waals surface area contributed by atoms with E-state index in [0.29, 0.717) is 0 Å². The zero-order chi connectivity index (χ0) is 7.15. The van der Waals surface area contributed by atoms with Crippen LogP contribution in [-0.4, -0.2) is 45.5 Å². The molecular formula is O6P2Sr. The summed E-state index contributed by atoms with van der Waals surface area (Å²) in [6.45, 7) is 0. The third kappa shape index (κ3) is 331. The van der Waals surface area contributed by atoms with E-state index >= 15 is 0 Å². The normalized spacial score (nSPS) is 5.56. The average molecular weight is 246 g/mol. The van der Waals surface area contributed by atoms with E-state index in [1.165, 1.54) is 0 Å². The van der Waals surface area contributed by atoms with Crippen molar-refractivity contribution in [3.8, 4) is 0 Å². The van der Waals surface area contributed by atoms with Gasteiger partial charge >= 0.3 is 45.5 Å². The van der Waals surface area contributed by atoms with Crippen LogP contribution in [0.25, 0.3) is 0 Å². The molecule has 0 N–H and O–H groups in total. The van der Waals surface area contributed by atoms with Gasteiger partial charge in [-0.3, -0.25) is 18.3 Å². The van der Waals surface area contributed by atoms with Crippen molar-refractivity contribution in [2.75, 3.05) is 0 Å². The molecule has 0 atom stereocenters. The summed E-state index contributed by atoms with van der Waals surface area (Å²) < 4.78 is 33.9.